The van der Waals surface area contributed by atoms with Crippen molar-refractivity contribution in [1.82, 2.24) is 10.2 Å². The van der Waals surface area contributed by atoms with Crippen LogP contribution in [0.5, 0.6) is 5.75 Å². The standard InChI is InChI=1S/C22H26BrFN2O3/c1-15(21(28)25-22(2,3)4)26(13-16-5-7-17(23)8-6-16)20(27)14-29-19-11-9-18(24)10-12-19/h5-12,15H,13-14H2,1-4H3,(H,25,28)/t15-/m0/s1. The molecule has 0 heterocycles. The Hall–Kier alpha value is -2.41. The molecule has 0 fully saturated rings. The minimum atomic E-state index is -0.692. The number of rotatable bonds is 7. The molecule has 0 aliphatic rings. The predicted molar refractivity (Wildman–Crippen MR) is 114 cm³/mol. The van der Waals surface area contributed by atoms with Crippen LogP contribution in [0.15, 0.2) is 53.0 Å². The van der Waals surface area contributed by atoms with Gasteiger partial charge in [0.05, 0.1) is 0 Å². The molecule has 2 rings (SSSR count). The zero-order chi connectivity index (χ0) is 21.6. The van der Waals surface area contributed by atoms with Crippen LogP contribution in [0, 0.1) is 5.82 Å². The quantitative estimate of drug-likeness (QED) is 0.664. The van der Waals surface area contributed by atoms with E-state index in [9.17, 15) is 14.0 Å². The maximum Gasteiger partial charge on any atom is 0.261 e. The number of nitrogens with zero attached hydrogens (tertiary/aromatic N) is 1. The summed E-state index contributed by atoms with van der Waals surface area (Å²) in [7, 11) is 0. The van der Waals surface area contributed by atoms with Crippen molar-refractivity contribution in [2.75, 3.05) is 6.61 Å². The second kappa shape index (κ2) is 9.87. The average Bonchev–Trinajstić information content (AvgIpc) is 2.65. The molecule has 0 spiro atoms. The summed E-state index contributed by atoms with van der Waals surface area (Å²) in [5, 5.41) is 2.91. The highest BCUT2D eigenvalue weighted by atomic mass is 79.9. The first-order chi connectivity index (χ1) is 13.5. The van der Waals surface area contributed by atoms with Crippen molar-refractivity contribution in [3.8, 4) is 5.75 Å². The lowest BCUT2D eigenvalue weighted by Crippen LogP contribution is -2.53. The Morgan fingerprint density at radius 3 is 2.24 bits per heavy atom. The van der Waals surface area contributed by atoms with E-state index in [1.165, 1.54) is 29.2 Å². The minimum Gasteiger partial charge on any atom is -0.484 e. The van der Waals surface area contributed by atoms with Crippen LogP contribution in [0.2, 0.25) is 0 Å². The van der Waals surface area contributed by atoms with Gasteiger partial charge in [0.15, 0.2) is 6.61 Å². The maximum atomic E-state index is 13.0. The molecule has 0 bridgehead atoms. The van der Waals surface area contributed by atoms with Gasteiger partial charge in [0.1, 0.15) is 17.6 Å². The number of hydrogen-bond acceptors (Lipinski definition) is 3. The second-order valence-corrected chi connectivity index (χ2v) is 8.72. The fraction of sp³-hybridized carbons (Fsp3) is 0.364. The van der Waals surface area contributed by atoms with Crippen molar-refractivity contribution in [2.45, 2.75) is 45.8 Å². The van der Waals surface area contributed by atoms with Crippen LogP contribution in [0.25, 0.3) is 0 Å². The van der Waals surface area contributed by atoms with Gasteiger partial charge >= 0.3 is 0 Å². The molecule has 7 heteroatoms. The maximum absolute atomic E-state index is 13.0. The first kappa shape index (κ1) is 22.9. The summed E-state index contributed by atoms with van der Waals surface area (Å²) in [4.78, 5) is 27.0. The molecule has 5 nitrogen and oxygen atoms in total. The van der Waals surface area contributed by atoms with Crippen molar-refractivity contribution in [2.24, 2.45) is 0 Å². The lowest BCUT2D eigenvalue weighted by molar-refractivity contribution is -0.142. The van der Waals surface area contributed by atoms with E-state index in [4.69, 9.17) is 4.74 Å². The molecule has 0 saturated carbocycles. The summed E-state index contributed by atoms with van der Waals surface area (Å²) >= 11 is 3.39. The van der Waals surface area contributed by atoms with Gasteiger partial charge in [-0.15, -0.1) is 0 Å². The van der Waals surface area contributed by atoms with Crippen LogP contribution >= 0.6 is 15.9 Å². The third-order valence-corrected chi connectivity index (χ3v) is 4.64. The molecule has 2 amide bonds. The van der Waals surface area contributed by atoms with Gasteiger partial charge in [0.25, 0.3) is 5.91 Å². The molecule has 0 saturated heterocycles. The number of carbonyl (C=O) groups excluding carboxylic acids is 2. The molecule has 2 aromatic rings. The number of ether oxygens (including phenoxy) is 1. The SMILES string of the molecule is C[C@@H](C(=O)NC(C)(C)C)N(Cc1ccc(Br)cc1)C(=O)COc1ccc(F)cc1. The van der Waals surface area contributed by atoms with Gasteiger partial charge < -0.3 is 15.0 Å². The van der Waals surface area contributed by atoms with Crippen molar-refractivity contribution in [1.29, 1.82) is 0 Å². The van der Waals surface area contributed by atoms with Gasteiger partial charge in [-0.1, -0.05) is 28.1 Å². The first-order valence-corrected chi connectivity index (χ1v) is 10.1. The summed E-state index contributed by atoms with van der Waals surface area (Å²) in [6.45, 7) is 7.35. The summed E-state index contributed by atoms with van der Waals surface area (Å²) in [6.07, 6.45) is 0. The lowest BCUT2D eigenvalue weighted by atomic mass is 10.1. The van der Waals surface area contributed by atoms with Crippen LogP contribution in [0.4, 0.5) is 4.39 Å². The highest BCUT2D eigenvalue weighted by Gasteiger charge is 2.28. The van der Waals surface area contributed by atoms with Gasteiger partial charge in [0, 0.05) is 16.6 Å². The zero-order valence-corrected chi connectivity index (χ0v) is 18.6. The van der Waals surface area contributed by atoms with Crippen LogP contribution < -0.4 is 10.1 Å². The van der Waals surface area contributed by atoms with Crippen LogP contribution in [0.3, 0.4) is 0 Å². The van der Waals surface area contributed by atoms with E-state index < -0.39 is 11.6 Å². The minimum absolute atomic E-state index is 0.246. The summed E-state index contributed by atoms with van der Waals surface area (Å²) in [6, 6.07) is 12.3. The van der Waals surface area contributed by atoms with Gasteiger partial charge in [0.2, 0.25) is 5.91 Å². The summed E-state index contributed by atoms with van der Waals surface area (Å²) < 4.78 is 19.5. The van der Waals surface area contributed by atoms with E-state index >= 15 is 0 Å². The van der Waals surface area contributed by atoms with Gasteiger partial charge in [-0.05, 0) is 69.7 Å². The molecule has 1 atom stereocenters. The normalized spacial score (nSPS) is 12.2. The lowest BCUT2D eigenvalue weighted by Gasteiger charge is -2.31. The smallest absolute Gasteiger partial charge is 0.261 e. The van der Waals surface area contributed by atoms with E-state index in [-0.39, 0.29) is 30.8 Å². The van der Waals surface area contributed by atoms with Gasteiger partial charge in [-0.25, -0.2) is 4.39 Å². The Morgan fingerprint density at radius 1 is 1.10 bits per heavy atom. The Bertz CT molecular complexity index is 833. The first-order valence-electron chi connectivity index (χ1n) is 9.29. The molecule has 0 aliphatic heterocycles. The van der Waals surface area contributed by atoms with E-state index in [0.717, 1.165) is 10.0 Å². The van der Waals surface area contributed by atoms with Crippen molar-refractivity contribution < 1.29 is 18.7 Å². The summed E-state index contributed by atoms with van der Waals surface area (Å²) in [5.74, 6) is -0.582. The number of halogens is 2. The highest BCUT2D eigenvalue weighted by molar-refractivity contribution is 9.10. The van der Waals surface area contributed by atoms with Crippen molar-refractivity contribution in [3.05, 3.63) is 64.4 Å². The van der Waals surface area contributed by atoms with Crippen LogP contribution in [-0.4, -0.2) is 34.9 Å². The third-order valence-electron chi connectivity index (χ3n) is 4.11. The van der Waals surface area contributed by atoms with E-state index in [1.807, 2.05) is 45.0 Å². The molecular weight excluding hydrogens is 439 g/mol. The van der Waals surface area contributed by atoms with E-state index in [2.05, 4.69) is 21.2 Å². The van der Waals surface area contributed by atoms with Crippen LogP contribution in [-0.2, 0) is 16.1 Å². The molecule has 0 radical (unpaired) electrons. The summed E-state index contributed by atoms with van der Waals surface area (Å²) in [5.41, 5.74) is 0.473. The Morgan fingerprint density at radius 2 is 1.69 bits per heavy atom. The molecule has 156 valence electrons. The molecule has 0 unspecified atom stereocenters. The topological polar surface area (TPSA) is 58.6 Å². The predicted octanol–water partition coefficient (Wildman–Crippen LogP) is 4.30. The van der Waals surface area contributed by atoms with Gasteiger partial charge in [-0.2, -0.15) is 0 Å². The Balaban J connectivity index is 2.15. The second-order valence-electron chi connectivity index (χ2n) is 7.81. The zero-order valence-electron chi connectivity index (χ0n) is 17.0. The molecule has 0 aromatic heterocycles. The monoisotopic (exact) mass is 464 g/mol. The number of benzene rings is 2. The molecule has 1 N–H and O–H groups in total. The number of hydrogen-bond donors (Lipinski definition) is 1. The fourth-order valence-electron chi connectivity index (χ4n) is 2.60. The molecule has 0 aliphatic carbocycles. The molecule has 29 heavy (non-hydrogen) atoms. The third kappa shape index (κ3) is 7.49. The van der Waals surface area contributed by atoms with Crippen molar-refractivity contribution in [3.63, 3.8) is 0 Å². The largest absolute Gasteiger partial charge is 0.484 e. The Labute approximate surface area is 179 Å². The van der Waals surface area contributed by atoms with Gasteiger partial charge in [-0.3, -0.25) is 9.59 Å². The molecule has 2 aromatic carbocycles. The van der Waals surface area contributed by atoms with Crippen molar-refractivity contribution >= 4 is 27.7 Å². The highest BCUT2D eigenvalue weighted by Crippen LogP contribution is 2.16. The average molecular weight is 465 g/mol. The number of nitrogens with one attached hydrogen (secondary N) is 1. The fourth-order valence-corrected chi connectivity index (χ4v) is 2.87. The number of carbonyl (C=O) groups is 2. The Kier molecular flexibility index (Phi) is 7.79. The molecular formula is C22H26BrFN2O3. The van der Waals surface area contributed by atoms with E-state index in [0.29, 0.717) is 5.75 Å². The number of amides is 2. The van der Waals surface area contributed by atoms with Crippen LogP contribution in [0.1, 0.15) is 33.3 Å². The van der Waals surface area contributed by atoms with E-state index in [1.54, 1.807) is 6.92 Å².